The van der Waals surface area contributed by atoms with Crippen LogP contribution in [0.3, 0.4) is 0 Å². The van der Waals surface area contributed by atoms with Crippen molar-refractivity contribution in [3.8, 4) is 0 Å². The summed E-state index contributed by atoms with van der Waals surface area (Å²) in [5.41, 5.74) is -0.110. The molecule has 0 aromatic carbocycles. The van der Waals surface area contributed by atoms with Gasteiger partial charge in [0.1, 0.15) is 21.9 Å². The number of halogens is 1. The van der Waals surface area contributed by atoms with Crippen LogP contribution in [0.25, 0.3) is 0 Å². The van der Waals surface area contributed by atoms with Gasteiger partial charge in [-0.15, -0.1) is 0 Å². The fourth-order valence-electron chi connectivity index (χ4n) is 1.33. The minimum atomic E-state index is -3.00. The number of aromatic nitrogens is 1. The van der Waals surface area contributed by atoms with Crippen molar-refractivity contribution in [1.29, 1.82) is 0 Å². The highest BCUT2D eigenvalue weighted by Crippen LogP contribution is 2.25. The summed E-state index contributed by atoms with van der Waals surface area (Å²) in [5, 5.41) is 13.6. The van der Waals surface area contributed by atoms with E-state index in [1.54, 1.807) is 0 Å². The van der Waals surface area contributed by atoms with E-state index in [2.05, 4.69) is 26.2 Å². The first-order chi connectivity index (χ1) is 8.69. The molecule has 106 valence electrons. The Labute approximate surface area is 119 Å². The van der Waals surface area contributed by atoms with Crippen molar-refractivity contribution >= 4 is 37.3 Å². The summed E-state index contributed by atoms with van der Waals surface area (Å²) >= 11 is 3.19. The van der Waals surface area contributed by atoms with Gasteiger partial charge >= 0.3 is 0 Å². The Kier molecular flexibility index (Phi) is 5.24. The summed E-state index contributed by atoms with van der Waals surface area (Å²) in [6.45, 7) is 1.82. The Morgan fingerprint density at radius 1 is 1.58 bits per heavy atom. The van der Waals surface area contributed by atoms with Gasteiger partial charge < -0.3 is 5.32 Å². The van der Waals surface area contributed by atoms with Gasteiger partial charge in [0.2, 0.25) is 0 Å². The smallest absolute Gasteiger partial charge is 0.288 e. The Balaban J connectivity index is 2.69. The first-order valence-electron chi connectivity index (χ1n) is 5.43. The molecule has 7 nitrogen and oxygen atoms in total. The number of pyridine rings is 1. The number of anilines is 1. The number of nitrogens with zero attached hydrogens (tertiary/aromatic N) is 2. The molecule has 1 atom stereocenters. The van der Waals surface area contributed by atoms with Crippen molar-refractivity contribution < 1.29 is 13.3 Å². The van der Waals surface area contributed by atoms with Crippen molar-refractivity contribution in [2.75, 3.05) is 17.3 Å². The molecule has 1 unspecified atom stereocenters. The molecule has 1 heterocycles. The minimum Gasteiger partial charge on any atom is -0.367 e. The Hall–Kier alpha value is -1.22. The Morgan fingerprint density at radius 3 is 2.68 bits per heavy atom. The molecule has 0 fully saturated rings. The molecule has 0 aliphatic heterocycles. The second kappa shape index (κ2) is 6.29. The largest absolute Gasteiger partial charge is 0.367 e. The topological polar surface area (TPSA) is 102 Å². The van der Waals surface area contributed by atoms with Crippen LogP contribution < -0.4 is 5.32 Å². The van der Waals surface area contributed by atoms with E-state index < -0.39 is 14.8 Å². The molecule has 0 spiro atoms. The van der Waals surface area contributed by atoms with Gasteiger partial charge in [0.05, 0.1) is 15.1 Å². The van der Waals surface area contributed by atoms with Gasteiger partial charge in [0.15, 0.2) is 0 Å². The number of rotatable bonds is 6. The van der Waals surface area contributed by atoms with Crippen molar-refractivity contribution in [1.82, 2.24) is 4.98 Å². The van der Waals surface area contributed by atoms with Gasteiger partial charge in [-0.05, 0) is 29.3 Å². The van der Waals surface area contributed by atoms with Crippen molar-refractivity contribution in [3.05, 3.63) is 26.9 Å². The number of nitro groups is 1. The minimum absolute atomic E-state index is 0.0752. The summed E-state index contributed by atoms with van der Waals surface area (Å²) in [7, 11) is -3.00. The van der Waals surface area contributed by atoms with Crippen LogP contribution in [0.4, 0.5) is 11.5 Å². The van der Waals surface area contributed by atoms with E-state index >= 15 is 0 Å². The molecule has 0 aliphatic carbocycles. The third-order valence-electron chi connectivity index (χ3n) is 2.34. The SMILES string of the molecule is CC(CCS(C)(=O)=O)Nc1ncc([N+](=O)[O-])cc1Br. The molecule has 1 rings (SSSR count). The van der Waals surface area contributed by atoms with Gasteiger partial charge in [-0.3, -0.25) is 10.1 Å². The van der Waals surface area contributed by atoms with Gasteiger partial charge in [0, 0.05) is 18.4 Å². The summed E-state index contributed by atoms with van der Waals surface area (Å²) in [4.78, 5) is 14.0. The molecular weight excluding hydrogens is 338 g/mol. The first kappa shape index (κ1) is 15.8. The molecule has 0 saturated heterocycles. The molecular formula is C10H14BrN3O4S. The molecule has 1 N–H and O–H groups in total. The number of hydrogen-bond donors (Lipinski definition) is 1. The molecule has 1 aromatic rings. The summed E-state index contributed by atoms with van der Waals surface area (Å²) < 4.78 is 22.6. The van der Waals surface area contributed by atoms with Gasteiger partial charge in [-0.1, -0.05) is 0 Å². The van der Waals surface area contributed by atoms with Gasteiger partial charge in [-0.2, -0.15) is 0 Å². The lowest BCUT2D eigenvalue weighted by molar-refractivity contribution is -0.385. The lowest BCUT2D eigenvalue weighted by Gasteiger charge is -2.14. The maximum atomic E-state index is 11.0. The summed E-state index contributed by atoms with van der Waals surface area (Å²) in [6, 6.07) is 1.23. The van der Waals surface area contributed by atoms with Crippen LogP contribution in [0.2, 0.25) is 0 Å². The maximum absolute atomic E-state index is 11.0. The Bertz CT molecular complexity index is 576. The van der Waals surface area contributed by atoms with Crippen LogP contribution in [-0.4, -0.2) is 36.4 Å². The maximum Gasteiger partial charge on any atom is 0.288 e. The highest BCUT2D eigenvalue weighted by atomic mass is 79.9. The molecule has 19 heavy (non-hydrogen) atoms. The fraction of sp³-hybridized carbons (Fsp3) is 0.500. The van der Waals surface area contributed by atoms with Crippen LogP contribution in [-0.2, 0) is 9.84 Å². The van der Waals surface area contributed by atoms with Gasteiger partial charge in [-0.25, -0.2) is 13.4 Å². The zero-order valence-corrected chi connectivity index (χ0v) is 12.9. The van der Waals surface area contributed by atoms with Crippen LogP contribution in [0.1, 0.15) is 13.3 Å². The quantitative estimate of drug-likeness (QED) is 0.620. The van der Waals surface area contributed by atoms with Crippen LogP contribution in [0.15, 0.2) is 16.7 Å². The van der Waals surface area contributed by atoms with Crippen molar-refractivity contribution in [2.45, 2.75) is 19.4 Å². The standard InChI is InChI=1S/C10H14BrN3O4S/c1-7(3-4-19(2,17)18)13-10-9(11)5-8(6-12-10)14(15)16/h5-7H,3-4H2,1-2H3,(H,12,13). The first-order valence-corrected chi connectivity index (χ1v) is 8.28. The van der Waals surface area contributed by atoms with Crippen molar-refractivity contribution in [2.24, 2.45) is 0 Å². The van der Waals surface area contributed by atoms with E-state index in [1.807, 2.05) is 6.92 Å². The fourth-order valence-corrected chi connectivity index (χ4v) is 2.56. The van der Waals surface area contributed by atoms with E-state index in [0.717, 1.165) is 6.20 Å². The third-order valence-corrected chi connectivity index (χ3v) is 3.92. The normalized spacial score (nSPS) is 13.0. The predicted octanol–water partition coefficient (Wildman–Crippen LogP) is 1.99. The highest BCUT2D eigenvalue weighted by molar-refractivity contribution is 9.10. The average Bonchev–Trinajstić information content (AvgIpc) is 2.28. The Morgan fingerprint density at radius 2 is 2.21 bits per heavy atom. The van der Waals surface area contributed by atoms with E-state index in [9.17, 15) is 18.5 Å². The summed E-state index contributed by atoms with van der Waals surface area (Å²) in [6.07, 6.45) is 2.76. The van der Waals surface area contributed by atoms with Crippen LogP contribution >= 0.6 is 15.9 Å². The molecule has 0 aliphatic rings. The number of hydrogen-bond acceptors (Lipinski definition) is 6. The van der Waals surface area contributed by atoms with E-state index in [4.69, 9.17) is 0 Å². The third kappa shape index (κ3) is 5.52. The second-order valence-corrected chi connectivity index (χ2v) is 7.36. The highest BCUT2D eigenvalue weighted by Gasteiger charge is 2.13. The molecule has 9 heteroatoms. The van der Waals surface area contributed by atoms with E-state index in [-0.39, 0.29) is 17.5 Å². The van der Waals surface area contributed by atoms with Gasteiger partial charge in [0.25, 0.3) is 5.69 Å². The molecule has 0 radical (unpaired) electrons. The van der Waals surface area contributed by atoms with E-state index in [1.165, 1.54) is 12.3 Å². The van der Waals surface area contributed by atoms with Crippen LogP contribution in [0.5, 0.6) is 0 Å². The number of sulfone groups is 1. The molecule has 0 saturated carbocycles. The zero-order chi connectivity index (χ0) is 14.6. The number of nitrogens with one attached hydrogen (secondary N) is 1. The summed E-state index contributed by atoms with van der Waals surface area (Å²) in [5.74, 6) is 0.526. The second-order valence-electron chi connectivity index (χ2n) is 4.24. The monoisotopic (exact) mass is 351 g/mol. The molecule has 0 bridgehead atoms. The zero-order valence-electron chi connectivity index (χ0n) is 10.5. The predicted molar refractivity (Wildman–Crippen MR) is 76.0 cm³/mol. The van der Waals surface area contributed by atoms with Crippen molar-refractivity contribution in [3.63, 3.8) is 0 Å². The van der Waals surface area contributed by atoms with Crippen LogP contribution in [0, 0.1) is 10.1 Å². The average molecular weight is 352 g/mol. The lowest BCUT2D eigenvalue weighted by atomic mass is 10.2. The molecule has 1 aromatic heterocycles. The van der Waals surface area contributed by atoms with E-state index in [0.29, 0.717) is 16.7 Å². The lowest BCUT2D eigenvalue weighted by Crippen LogP contribution is -2.20. The molecule has 0 amide bonds.